The molecule has 0 aliphatic carbocycles. The van der Waals surface area contributed by atoms with Gasteiger partial charge in [0.25, 0.3) is 5.91 Å². The third-order valence-electron chi connectivity index (χ3n) is 4.67. The van der Waals surface area contributed by atoms with E-state index < -0.39 is 10.0 Å². The molecule has 0 bridgehead atoms. The Hall–Kier alpha value is -2.77. The molecule has 146 valence electrons. The zero-order chi connectivity index (χ0) is 20.5. The maximum absolute atomic E-state index is 13.1. The number of benzene rings is 2. The summed E-state index contributed by atoms with van der Waals surface area (Å²) in [4.78, 5) is 17.9. The Morgan fingerprint density at radius 2 is 1.82 bits per heavy atom. The molecule has 1 amide bonds. The maximum atomic E-state index is 13.1. The second-order valence-electron chi connectivity index (χ2n) is 6.70. The van der Waals surface area contributed by atoms with Gasteiger partial charge in [-0.1, -0.05) is 31.2 Å². The molecule has 6 nitrogen and oxygen atoms in total. The van der Waals surface area contributed by atoms with Crippen molar-refractivity contribution in [2.24, 2.45) is 0 Å². The van der Waals surface area contributed by atoms with E-state index in [4.69, 9.17) is 0 Å². The van der Waals surface area contributed by atoms with E-state index in [9.17, 15) is 13.2 Å². The van der Waals surface area contributed by atoms with E-state index in [-0.39, 0.29) is 10.8 Å². The van der Waals surface area contributed by atoms with Crippen LogP contribution in [-0.2, 0) is 16.4 Å². The molecule has 0 radical (unpaired) electrons. The van der Waals surface area contributed by atoms with Crippen LogP contribution in [0.3, 0.4) is 0 Å². The number of nitrogens with zero attached hydrogens (tertiary/aromatic N) is 2. The third-order valence-corrected chi connectivity index (χ3v) is 6.48. The van der Waals surface area contributed by atoms with Gasteiger partial charge in [0, 0.05) is 30.9 Å². The van der Waals surface area contributed by atoms with Gasteiger partial charge in [-0.25, -0.2) is 12.7 Å². The quantitative estimate of drug-likeness (QED) is 0.713. The monoisotopic (exact) mass is 397 g/mol. The number of nitrogens with one attached hydrogen (secondary N) is 1. The second kappa shape index (κ2) is 7.69. The van der Waals surface area contributed by atoms with E-state index in [1.165, 1.54) is 26.2 Å². The molecule has 0 aliphatic heterocycles. The van der Waals surface area contributed by atoms with E-state index in [2.05, 4.69) is 10.3 Å². The van der Waals surface area contributed by atoms with Gasteiger partial charge in [-0.2, -0.15) is 0 Å². The molecule has 2 aromatic carbocycles. The van der Waals surface area contributed by atoms with Gasteiger partial charge in [-0.05, 0) is 43.2 Å². The fraction of sp³-hybridized carbons (Fsp3) is 0.238. The molecular formula is C21H23N3O3S. The minimum atomic E-state index is -3.58. The largest absolute Gasteiger partial charge is 0.322 e. The Labute approximate surface area is 165 Å². The van der Waals surface area contributed by atoms with Gasteiger partial charge < -0.3 is 5.32 Å². The lowest BCUT2D eigenvalue weighted by Crippen LogP contribution is -2.22. The van der Waals surface area contributed by atoms with Crippen molar-refractivity contribution in [3.8, 4) is 0 Å². The average Bonchev–Trinajstić information content (AvgIpc) is 2.67. The first kappa shape index (κ1) is 20.0. The minimum Gasteiger partial charge on any atom is -0.322 e. The van der Waals surface area contributed by atoms with Crippen molar-refractivity contribution in [3.63, 3.8) is 0 Å². The lowest BCUT2D eigenvalue weighted by atomic mass is 9.99. The Morgan fingerprint density at radius 3 is 2.50 bits per heavy atom. The molecule has 0 fully saturated rings. The van der Waals surface area contributed by atoms with Crippen LogP contribution < -0.4 is 5.32 Å². The van der Waals surface area contributed by atoms with Gasteiger partial charge >= 0.3 is 0 Å². The van der Waals surface area contributed by atoms with E-state index in [0.29, 0.717) is 17.7 Å². The summed E-state index contributed by atoms with van der Waals surface area (Å²) in [5.41, 5.74) is 3.44. The highest BCUT2D eigenvalue weighted by molar-refractivity contribution is 7.89. The molecule has 1 heterocycles. The fourth-order valence-electron chi connectivity index (χ4n) is 3.13. The molecule has 3 rings (SSSR count). The molecule has 1 N–H and O–H groups in total. The van der Waals surface area contributed by atoms with E-state index in [0.717, 1.165) is 26.5 Å². The summed E-state index contributed by atoms with van der Waals surface area (Å²) in [5.74, 6) is -0.287. The standard InChI is InChI=1S/C21H23N3O3S/c1-5-18-14(2)20(17-11-6-7-12-19(17)23-18)21(25)22-15-9-8-10-16(13-15)28(26,27)24(3)4/h6-13H,5H2,1-4H3,(H,22,25). The topological polar surface area (TPSA) is 79.4 Å². The highest BCUT2D eigenvalue weighted by atomic mass is 32.2. The van der Waals surface area contributed by atoms with Crippen molar-refractivity contribution in [2.75, 3.05) is 19.4 Å². The zero-order valence-electron chi connectivity index (χ0n) is 16.4. The third kappa shape index (κ3) is 3.63. The lowest BCUT2D eigenvalue weighted by Gasteiger charge is -2.15. The minimum absolute atomic E-state index is 0.126. The predicted molar refractivity (Wildman–Crippen MR) is 111 cm³/mol. The van der Waals surface area contributed by atoms with Crippen LogP contribution in [0.1, 0.15) is 28.5 Å². The van der Waals surface area contributed by atoms with Gasteiger partial charge in [-0.15, -0.1) is 0 Å². The molecule has 0 atom stereocenters. The number of carbonyl (C=O) groups excluding carboxylic acids is 1. The molecule has 0 saturated heterocycles. The van der Waals surface area contributed by atoms with Gasteiger partial charge in [0.15, 0.2) is 0 Å². The summed E-state index contributed by atoms with van der Waals surface area (Å²) >= 11 is 0. The molecule has 0 saturated carbocycles. The van der Waals surface area contributed by atoms with E-state index in [1.807, 2.05) is 38.1 Å². The number of pyridine rings is 1. The van der Waals surface area contributed by atoms with Gasteiger partial charge in [-0.3, -0.25) is 9.78 Å². The number of carbonyl (C=O) groups is 1. The molecule has 1 aromatic heterocycles. The maximum Gasteiger partial charge on any atom is 0.256 e. The normalized spacial score (nSPS) is 11.8. The Bertz CT molecular complexity index is 1150. The van der Waals surface area contributed by atoms with Crippen LogP contribution >= 0.6 is 0 Å². The summed E-state index contributed by atoms with van der Waals surface area (Å²) in [5, 5.41) is 3.61. The number of anilines is 1. The van der Waals surface area contributed by atoms with E-state index >= 15 is 0 Å². The van der Waals surface area contributed by atoms with Crippen LogP contribution in [0, 0.1) is 6.92 Å². The number of aromatic nitrogens is 1. The molecule has 3 aromatic rings. The molecule has 0 spiro atoms. The number of hydrogen-bond donors (Lipinski definition) is 1. The van der Waals surface area contributed by atoms with Crippen LogP contribution in [0.25, 0.3) is 10.9 Å². The Kier molecular flexibility index (Phi) is 5.49. The molecule has 7 heteroatoms. The SMILES string of the molecule is CCc1nc2ccccc2c(C(=O)Nc2cccc(S(=O)(=O)N(C)C)c2)c1C. The fourth-order valence-corrected chi connectivity index (χ4v) is 4.08. The number of sulfonamides is 1. The van der Waals surface area contributed by atoms with Crippen LogP contribution in [-0.4, -0.2) is 37.7 Å². The van der Waals surface area contributed by atoms with Crippen molar-refractivity contribution in [2.45, 2.75) is 25.2 Å². The summed E-state index contributed by atoms with van der Waals surface area (Å²) < 4.78 is 25.9. The number of fused-ring (bicyclic) bond motifs is 1. The van der Waals surface area contributed by atoms with Crippen molar-refractivity contribution in [1.82, 2.24) is 9.29 Å². The van der Waals surface area contributed by atoms with Crippen LogP contribution in [0.15, 0.2) is 53.4 Å². The highest BCUT2D eigenvalue weighted by Crippen LogP contribution is 2.25. The molecule has 0 aliphatic rings. The Balaban J connectivity index is 2.04. The second-order valence-corrected chi connectivity index (χ2v) is 8.85. The molecule has 0 unspecified atom stereocenters. The number of amides is 1. The zero-order valence-corrected chi connectivity index (χ0v) is 17.2. The first-order valence-electron chi connectivity index (χ1n) is 8.98. The lowest BCUT2D eigenvalue weighted by molar-refractivity contribution is 0.102. The number of aryl methyl sites for hydroxylation is 1. The number of rotatable bonds is 5. The highest BCUT2D eigenvalue weighted by Gasteiger charge is 2.20. The molecular weight excluding hydrogens is 374 g/mol. The number of hydrogen-bond acceptors (Lipinski definition) is 4. The van der Waals surface area contributed by atoms with E-state index in [1.54, 1.807) is 12.1 Å². The van der Waals surface area contributed by atoms with Crippen molar-refractivity contribution < 1.29 is 13.2 Å². The summed E-state index contributed by atoms with van der Waals surface area (Å²) in [6, 6.07) is 13.8. The van der Waals surface area contributed by atoms with Gasteiger partial charge in [0.2, 0.25) is 10.0 Å². The van der Waals surface area contributed by atoms with Gasteiger partial charge in [0.1, 0.15) is 0 Å². The van der Waals surface area contributed by atoms with Crippen molar-refractivity contribution >= 4 is 32.5 Å². The van der Waals surface area contributed by atoms with Gasteiger partial charge in [0.05, 0.1) is 16.0 Å². The first-order valence-corrected chi connectivity index (χ1v) is 10.4. The van der Waals surface area contributed by atoms with Crippen LogP contribution in [0.4, 0.5) is 5.69 Å². The molecule has 28 heavy (non-hydrogen) atoms. The first-order chi connectivity index (χ1) is 13.3. The average molecular weight is 398 g/mol. The summed E-state index contributed by atoms with van der Waals surface area (Å²) in [6.45, 7) is 3.89. The predicted octanol–water partition coefficient (Wildman–Crippen LogP) is 3.61. The van der Waals surface area contributed by atoms with Crippen LogP contribution in [0.5, 0.6) is 0 Å². The number of para-hydroxylation sites is 1. The summed E-state index contributed by atoms with van der Waals surface area (Å²) in [6.07, 6.45) is 0.716. The van der Waals surface area contributed by atoms with Crippen molar-refractivity contribution in [1.29, 1.82) is 0 Å². The smallest absolute Gasteiger partial charge is 0.256 e. The Morgan fingerprint density at radius 1 is 1.11 bits per heavy atom. The summed E-state index contributed by atoms with van der Waals surface area (Å²) in [7, 11) is -0.638. The van der Waals surface area contributed by atoms with Crippen LogP contribution in [0.2, 0.25) is 0 Å². The van der Waals surface area contributed by atoms with Crippen molar-refractivity contribution in [3.05, 3.63) is 65.4 Å².